The third kappa shape index (κ3) is 2.61. The molecule has 1 heterocycles. The summed E-state index contributed by atoms with van der Waals surface area (Å²) in [6, 6.07) is 10.0. The molecule has 19 heavy (non-hydrogen) atoms. The second-order valence-electron chi connectivity index (χ2n) is 5.01. The van der Waals surface area contributed by atoms with E-state index in [1.165, 1.54) is 18.4 Å². The van der Waals surface area contributed by atoms with Crippen LogP contribution in [0.3, 0.4) is 0 Å². The number of rotatable bonds is 4. The van der Waals surface area contributed by atoms with Crippen LogP contribution in [0.5, 0.6) is 5.75 Å². The summed E-state index contributed by atoms with van der Waals surface area (Å²) in [5.74, 6) is 1.35. The van der Waals surface area contributed by atoms with Crippen molar-refractivity contribution in [3.8, 4) is 5.75 Å². The van der Waals surface area contributed by atoms with Crippen molar-refractivity contribution in [1.29, 1.82) is 0 Å². The summed E-state index contributed by atoms with van der Waals surface area (Å²) in [6.07, 6.45) is 5.19. The van der Waals surface area contributed by atoms with Crippen LogP contribution in [0.1, 0.15) is 41.6 Å². The fourth-order valence-electron chi connectivity index (χ4n) is 2.29. The molecule has 3 rings (SSSR count). The monoisotopic (exact) mass is 255 g/mol. The maximum Gasteiger partial charge on any atom is 0.137 e. The third-order valence-corrected chi connectivity index (χ3v) is 3.56. The minimum atomic E-state index is -0.652. The van der Waals surface area contributed by atoms with E-state index in [4.69, 9.17) is 4.74 Å². The van der Waals surface area contributed by atoms with Crippen LogP contribution in [0, 0.1) is 0 Å². The average Bonchev–Trinajstić information content (AvgIpc) is 3.31. The summed E-state index contributed by atoms with van der Waals surface area (Å²) in [7, 11) is 1.60. The van der Waals surface area contributed by atoms with E-state index in [1.54, 1.807) is 19.5 Å². The van der Waals surface area contributed by atoms with Crippen LogP contribution < -0.4 is 4.74 Å². The smallest absolute Gasteiger partial charge is 0.137 e. The predicted molar refractivity (Wildman–Crippen MR) is 73.3 cm³/mol. The maximum absolute atomic E-state index is 10.4. The summed E-state index contributed by atoms with van der Waals surface area (Å²) < 4.78 is 5.14. The highest BCUT2D eigenvalue weighted by Crippen LogP contribution is 2.40. The van der Waals surface area contributed by atoms with E-state index in [-0.39, 0.29) is 0 Å². The van der Waals surface area contributed by atoms with Crippen LogP contribution in [0.25, 0.3) is 0 Å². The summed E-state index contributed by atoms with van der Waals surface area (Å²) in [5.41, 5.74) is 3.00. The largest absolute Gasteiger partial charge is 0.495 e. The van der Waals surface area contributed by atoms with Crippen molar-refractivity contribution in [3.05, 3.63) is 59.4 Å². The van der Waals surface area contributed by atoms with Gasteiger partial charge in [0.05, 0.1) is 13.3 Å². The Bertz CT molecular complexity index is 578. The Morgan fingerprint density at radius 1 is 1.21 bits per heavy atom. The molecule has 1 unspecified atom stereocenters. The van der Waals surface area contributed by atoms with Crippen molar-refractivity contribution in [2.45, 2.75) is 24.9 Å². The molecular weight excluding hydrogens is 238 g/mol. The number of nitrogens with zero attached hydrogens (tertiary/aromatic N) is 1. The molecule has 98 valence electrons. The molecule has 1 atom stereocenters. The minimum absolute atomic E-state index is 0.652. The van der Waals surface area contributed by atoms with E-state index in [2.05, 4.69) is 17.1 Å². The number of ether oxygens (including phenoxy) is 1. The van der Waals surface area contributed by atoms with Gasteiger partial charge in [-0.05, 0) is 36.0 Å². The van der Waals surface area contributed by atoms with Gasteiger partial charge in [0.1, 0.15) is 11.9 Å². The van der Waals surface area contributed by atoms with Gasteiger partial charge in [-0.15, -0.1) is 0 Å². The van der Waals surface area contributed by atoms with Gasteiger partial charge in [0.15, 0.2) is 0 Å². The molecule has 2 aromatic rings. The molecule has 0 bridgehead atoms. The van der Waals surface area contributed by atoms with Crippen LogP contribution in [-0.2, 0) is 0 Å². The van der Waals surface area contributed by atoms with E-state index in [0.717, 1.165) is 11.1 Å². The van der Waals surface area contributed by atoms with Gasteiger partial charge in [0.25, 0.3) is 0 Å². The van der Waals surface area contributed by atoms with Gasteiger partial charge in [-0.1, -0.05) is 24.3 Å². The molecule has 1 aliphatic rings. The molecule has 1 fully saturated rings. The van der Waals surface area contributed by atoms with Gasteiger partial charge >= 0.3 is 0 Å². The average molecular weight is 255 g/mol. The Morgan fingerprint density at radius 3 is 2.79 bits per heavy atom. The summed E-state index contributed by atoms with van der Waals surface area (Å²) in [4.78, 5) is 4.09. The molecule has 1 saturated carbocycles. The van der Waals surface area contributed by atoms with Crippen LogP contribution in [-0.4, -0.2) is 17.2 Å². The molecule has 0 radical (unpaired) electrons. The molecule has 0 amide bonds. The van der Waals surface area contributed by atoms with Crippen LogP contribution in [0.15, 0.2) is 42.7 Å². The summed E-state index contributed by atoms with van der Waals surface area (Å²) in [6.45, 7) is 0. The van der Waals surface area contributed by atoms with Gasteiger partial charge in [-0.2, -0.15) is 0 Å². The first kappa shape index (κ1) is 12.2. The van der Waals surface area contributed by atoms with Gasteiger partial charge in [-0.25, -0.2) is 0 Å². The Morgan fingerprint density at radius 2 is 2.05 bits per heavy atom. The third-order valence-electron chi connectivity index (χ3n) is 3.56. The number of hydrogen-bond acceptors (Lipinski definition) is 3. The zero-order chi connectivity index (χ0) is 13.2. The number of aromatic nitrogens is 1. The van der Waals surface area contributed by atoms with Gasteiger partial charge in [-0.3, -0.25) is 4.98 Å². The van der Waals surface area contributed by atoms with E-state index < -0.39 is 6.10 Å². The van der Waals surface area contributed by atoms with E-state index in [1.807, 2.05) is 18.2 Å². The maximum atomic E-state index is 10.4. The quantitative estimate of drug-likeness (QED) is 0.913. The molecule has 1 aliphatic carbocycles. The molecule has 0 spiro atoms. The zero-order valence-corrected chi connectivity index (χ0v) is 10.9. The SMILES string of the molecule is COc1cncc(C(O)c2cccc(C3CC3)c2)c1. The normalized spacial score (nSPS) is 16.1. The molecular formula is C16H17NO2. The first-order chi connectivity index (χ1) is 9.28. The molecule has 0 aliphatic heterocycles. The van der Waals surface area contributed by atoms with Crippen molar-refractivity contribution in [2.24, 2.45) is 0 Å². The first-order valence-corrected chi connectivity index (χ1v) is 6.55. The Kier molecular flexibility index (Phi) is 3.22. The number of methoxy groups -OCH3 is 1. The first-order valence-electron chi connectivity index (χ1n) is 6.55. The van der Waals surface area contributed by atoms with Gasteiger partial charge in [0.2, 0.25) is 0 Å². The van der Waals surface area contributed by atoms with Crippen LogP contribution in [0.4, 0.5) is 0 Å². The van der Waals surface area contributed by atoms with Crippen molar-refractivity contribution in [2.75, 3.05) is 7.11 Å². The van der Waals surface area contributed by atoms with Crippen LogP contribution in [0.2, 0.25) is 0 Å². The Hall–Kier alpha value is -1.87. The lowest BCUT2D eigenvalue weighted by atomic mass is 9.99. The van der Waals surface area contributed by atoms with Gasteiger partial charge in [0, 0.05) is 11.8 Å². The summed E-state index contributed by atoms with van der Waals surface area (Å²) >= 11 is 0. The zero-order valence-electron chi connectivity index (χ0n) is 10.9. The van der Waals surface area contributed by atoms with Crippen molar-refractivity contribution >= 4 is 0 Å². The molecule has 1 aromatic carbocycles. The highest BCUT2D eigenvalue weighted by molar-refractivity contribution is 5.36. The summed E-state index contributed by atoms with van der Waals surface area (Å²) in [5, 5.41) is 10.4. The number of benzene rings is 1. The molecule has 1 aromatic heterocycles. The molecule has 3 heteroatoms. The van der Waals surface area contributed by atoms with Crippen molar-refractivity contribution in [3.63, 3.8) is 0 Å². The Balaban J connectivity index is 1.89. The highest BCUT2D eigenvalue weighted by Gasteiger charge is 2.24. The lowest BCUT2D eigenvalue weighted by Gasteiger charge is -2.13. The van der Waals surface area contributed by atoms with E-state index >= 15 is 0 Å². The molecule has 0 saturated heterocycles. The topological polar surface area (TPSA) is 42.4 Å². The minimum Gasteiger partial charge on any atom is -0.495 e. The van der Waals surface area contributed by atoms with Gasteiger partial charge < -0.3 is 9.84 Å². The van der Waals surface area contributed by atoms with Crippen molar-refractivity contribution < 1.29 is 9.84 Å². The van der Waals surface area contributed by atoms with Crippen molar-refractivity contribution in [1.82, 2.24) is 4.98 Å². The fourth-order valence-corrected chi connectivity index (χ4v) is 2.29. The number of hydrogen-bond donors (Lipinski definition) is 1. The van der Waals surface area contributed by atoms with E-state index in [0.29, 0.717) is 11.7 Å². The Labute approximate surface area is 112 Å². The van der Waals surface area contributed by atoms with Crippen LogP contribution >= 0.6 is 0 Å². The fraction of sp³-hybridized carbons (Fsp3) is 0.312. The lowest BCUT2D eigenvalue weighted by molar-refractivity contribution is 0.219. The molecule has 3 nitrogen and oxygen atoms in total. The highest BCUT2D eigenvalue weighted by atomic mass is 16.5. The second-order valence-corrected chi connectivity index (χ2v) is 5.01. The standard InChI is InChI=1S/C16H17NO2/c1-19-15-8-14(9-17-10-15)16(18)13-4-2-3-12(7-13)11-5-6-11/h2-4,7-11,16,18H,5-6H2,1H3. The lowest BCUT2D eigenvalue weighted by Crippen LogP contribution is -2.01. The number of aliphatic hydroxyl groups is 1. The second kappa shape index (κ2) is 5.02. The number of pyridine rings is 1. The number of aliphatic hydroxyl groups excluding tert-OH is 1. The predicted octanol–water partition coefficient (Wildman–Crippen LogP) is 3.05. The van der Waals surface area contributed by atoms with E-state index in [9.17, 15) is 5.11 Å². The molecule has 1 N–H and O–H groups in total.